The molecule has 2 aromatic heterocycles. The molecule has 1 aromatic carbocycles. The Morgan fingerprint density at radius 1 is 1.33 bits per heavy atom. The molecule has 0 aliphatic heterocycles. The molecule has 3 nitrogen and oxygen atoms in total. The Balaban J connectivity index is 2.19. The summed E-state index contributed by atoms with van der Waals surface area (Å²) in [6.07, 6.45) is 3.57. The zero-order chi connectivity index (χ0) is 15.0. The van der Waals surface area contributed by atoms with Crippen molar-refractivity contribution in [3.05, 3.63) is 59.4 Å². The van der Waals surface area contributed by atoms with Crippen LogP contribution in [0.25, 0.3) is 11.0 Å². The summed E-state index contributed by atoms with van der Waals surface area (Å²) in [5.41, 5.74) is 3.33. The lowest BCUT2D eigenvalue weighted by Crippen LogP contribution is -2.07. The van der Waals surface area contributed by atoms with Gasteiger partial charge in [0.25, 0.3) is 0 Å². The second kappa shape index (κ2) is 5.45. The fourth-order valence-electron chi connectivity index (χ4n) is 2.45. The van der Waals surface area contributed by atoms with E-state index in [0.717, 1.165) is 16.6 Å². The minimum atomic E-state index is -0.323. The molecule has 21 heavy (non-hydrogen) atoms. The van der Waals surface area contributed by atoms with E-state index in [9.17, 15) is 4.39 Å². The molecular formula is C16H15ClFN3. The summed E-state index contributed by atoms with van der Waals surface area (Å²) in [7, 11) is 0. The van der Waals surface area contributed by atoms with E-state index in [1.165, 1.54) is 6.07 Å². The van der Waals surface area contributed by atoms with Crippen LogP contribution in [-0.2, 0) is 6.54 Å². The second-order valence-corrected chi connectivity index (χ2v) is 5.74. The number of pyridine rings is 1. The van der Waals surface area contributed by atoms with E-state index < -0.39 is 0 Å². The van der Waals surface area contributed by atoms with Gasteiger partial charge in [-0.1, -0.05) is 6.07 Å². The van der Waals surface area contributed by atoms with Crippen LogP contribution in [0.1, 0.15) is 29.3 Å². The topological polar surface area (TPSA) is 30.7 Å². The van der Waals surface area contributed by atoms with E-state index in [-0.39, 0.29) is 11.2 Å². The van der Waals surface area contributed by atoms with Crippen molar-refractivity contribution in [3.8, 4) is 0 Å². The van der Waals surface area contributed by atoms with E-state index in [1.54, 1.807) is 12.3 Å². The summed E-state index contributed by atoms with van der Waals surface area (Å²) in [4.78, 5) is 8.48. The highest BCUT2D eigenvalue weighted by atomic mass is 35.5. The van der Waals surface area contributed by atoms with Crippen molar-refractivity contribution in [2.75, 3.05) is 0 Å². The molecule has 0 saturated carbocycles. The number of hydrogen-bond donors (Lipinski definition) is 0. The highest BCUT2D eigenvalue weighted by Gasteiger charge is 2.17. The zero-order valence-electron chi connectivity index (χ0n) is 11.8. The van der Waals surface area contributed by atoms with Crippen LogP contribution in [0.3, 0.4) is 0 Å². The standard InChI is InChI=1S/C16H15ClFN3/c1-10-8-19-7-6-12(10)9-21-14-5-3-4-13(18)15(14)20-16(21)11(2)17/h3-8,11H,9H2,1-2H3. The molecule has 3 aromatic rings. The smallest absolute Gasteiger partial charge is 0.151 e. The van der Waals surface area contributed by atoms with Crippen LogP contribution >= 0.6 is 11.6 Å². The van der Waals surface area contributed by atoms with Gasteiger partial charge in [0.05, 0.1) is 10.9 Å². The normalized spacial score (nSPS) is 12.8. The third kappa shape index (κ3) is 2.51. The van der Waals surface area contributed by atoms with Crippen molar-refractivity contribution in [2.24, 2.45) is 0 Å². The van der Waals surface area contributed by atoms with Crippen molar-refractivity contribution in [1.29, 1.82) is 0 Å². The Morgan fingerprint density at radius 3 is 2.86 bits per heavy atom. The quantitative estimate of drug-likeness (QED) is 0.678. The Hall–Kier alpha value is -1.94. The highest BCUT2D eigenvalue weighted by Crippen LogP contribution is 2.27. The maximum absolute atomic E-state index is 13.9. The molecule has 0 aliphatic carbocycles. The molecular weight excluding hydrogens is 289 g/mol. The SMILES string of the molecule is Cc1cnccc1Cn1c(C(C)Cl)nc2c(F)cccc21. The van der Waals surface area contributed by atoms with Gasteiger partial charge in [-0.2, -0.15) is 0 Å². The van der Waals surface area contributed by atoms with Gasteiger partial charge in [0.1, 0.15) is 11.3 Å². The number of benzene rings is 1. The van der Waals surface area contributed by atoms with Crippen LogP contribution < -0.4 is 0 Å². The number of rotatable bonds is 3. The average Bonchev–Trinajstić information content (AvgIpc) is 2.82. The molecule has 0 bridgehead atoms. The van der Waals surface area contributed by atoms with Crippen molar-refractivity contribution in [1.82, 2.24) is 14.5 Å². The van der Waals surface area contributed by atoms with E-state index >= 15 is 0 Å². The Kier molecular flexibility index (Phi) is 3.64. The first-order valence-electron chi connectivity index (χ1n) is 6.76. The third-order valence-corrected chi connectivity index (χ3v) is 3.78. The molecule has 5 heteroatoms. The number of alkyl halides is 1. The predicted molar refractivity (Wildman–Crippen MR) is 82.0 cm³/mol. The van der Waals surface area contributed by atoms with Gasteiger partial charge >= 0.3 is 0 Å². The molecule has 0 N–H and O–H groups in total. The maximum atomic E-state index is 13.9. The Morgan fingerprint density at radius 2 is 2.14 bits per heavy atom. The highest BCUT2D eigenvalue weighted by molar-refractivity contribution is 6.20. The van der Waals surface area contributed by atoms with Gasteiger partial charge in [-0.15, -0.1) is 11.6 Å². The number of halogens is 2. The van der Waals surface area contributed by atoms with Gasteiger partial charge < -0.3 is 4.57 Å². The molecule has 2 heterocycles. The number of para-hydroxylation sites is 1. The van der Waals surface area contributed by atoms with Crippen LogP contribution in [0.15, 0.2) is 36.7 Å². The van der Waals surface area contributed by atoms with E-state index in [0.29, 0.717) is 17.9 Å². The zero-order valence-corrected chi connectivity index (χ0v) is 12.6. The second-order valence-electron chi connectivity index (χ2n) is 5.08. The minimum Gasteiger partial charge on any atom is -0.322 e. The van der Waals surface area contributed by atoms with Gasteiger partial charge in [0.2, 0.25) is 0 Å². The molecule has 1 unspecified atom stereocenters. The average molecular weight is 304 g/mol. The maximum Gasteiger partial charge on any atom is 0.151 e. The molecule has 3 rings (SSSR count). The predicted octanol–water partition coefficient (Wildman–Crippen LogP) is 4.23. The molecule has 0 fully saturated rings. The number of aryl methyl sites for hydroxylation is 1. The molecule has 1 atom stereocenters. The number of fused-ring (bicyclic) bond motifs is 1. The first-order valence-corrected chi connectivity index (χ1v) is 7.19. The molecule has 0 aliphatic rings. The summed E-state index contributed by atoms with van der Waals surface area (Å²) >= 11 is 6.22. The molecule has 0 spiro atoms. The summed E-state index contributed by atoms with van der Waals surface area (Å²) in [5, 5.41) is -0.293. The summed E-state index contributed by atoms with van der Waals surface area (Å²) < 4.78 is 15.9. The summed E-state index contributed by atoms with van der Waals surface area (Å²) in [6, 6.07) is 6.94. The van der Waals surface area contributed by atoms with Crippen LogP contribution in [0.2, 0.25) is 0 Å². The van der Waals surface area contributed by atoms with Crippen molar-refractivity contribution >= 4 is 22.6 Å². The van der Waals surface area contributed by atoms with Gasteiger partial charge in [0.15, 0.2) is 5.82 Å². The van der Waals surface area contributed by atoms with E-state index in [4.69, 9.17) is 11.6 Å². The minimum absolute atomic E-state index is 0.293. The first-order chi connectivity index (χ1) is 10.1. The van der Waals surface area contributed by atoms with Gasteiger partial charge in [-0.05, 0) is 43.2 Å². The van der Waals surface area contributed by atoms with Gasteiger partial charge in [-0.3, -0.25) is 4.98 Å². The number of hydrogen-bond acceptors (Lipinski definition) is 2. The molecule has 108 valence electrons. The van der Waals surface area contributed by atoms with E-state index in [1.807, 2.05) is 36.7 Å². The van der Waals surface area contributed by atoms with Crippen LogP contribution in [0.4, 0.5) is 4.39 Å². The van der Waals surface area contributed by atoms with Crippen LogP contribution in [-0.4, -0.2) is 14.5 Å². The summed E-state index contributed by atoms with van der Waals surface area (Å²) in [6.45, 7) is 4.45. The first kappa shape index (κ1) is 14.0. The van der Waals surface area contributed by atoms with E-state index in [2.05, 4.69) is 9.97 Å². The fourth-order valence-corrected chi connectivity index (χ4v) is 2.62. The Labute approximate surface area is 127 Å². The lowest BCUT2D eigenvalue weighted by molar-refractivity contribution is 0.637. The fraction of sp³-hybridized carbons (Fsp3) is 0.250. The largest absolute Gasteiger partial charge is 0.322 e. The number of nitrogens with zero attached hydrogens (tertiary/aromatic N) is 3. The Bertz CT molecular complexity index is 795. The lowest BCUT2D eigenvalue weighted by Gasteiger charge is -2.12. The van der Waals surface area contributed by atoms with Crippen LogP contribution in [0, 0.1) is 12.7 Å². The van der Waals surface area contributed by atoms with Gasteiger partial charge in [0, 0.05) is 18.9 Å². The molecule has 0 amide bonds. The molecule has 0 radical (unpaired) electrons. The number of imidazole rings is 1. The third-order valence-electron chi connectivity index (χ3n) is 3.58. The summed E-state index contributed by atoms with van der Waals surface area (Å²) in [5.74, 6) is 0.351. The van der Waals surface area contributed by atoms with Crippen LogP contribution in [0.5, 0.6) is 0 Å². The monoisotopic (exact) mass is 303 g/mol. The van der Waals surface area contributed by atoms with Gasteiger partial charge in [-0.25, -0.2) is 9.37 Å². The lowest BCUT2D eigenvalue weighted by atomic mass is 10.1. The number of aromatic nitrogens is 3. The van der Waals surface area contributed by atoms with Crippen molar-refractivity contribution in [2.45, 2.75) is 25.8 Å². The van der Waals surface area contributed by atoms with Crippen molar-refractivity contribution < 1.29 is 4.39 Å². The van der Waals surface area contributed by atoms with Crippen molar-refractivity contribution in [3.63, 3.8) is 0 Å². The molecule has 0 saturated heterocycles.